The predicted molar refractivity (Wildman–Crippen MR) is 143 cm³/mol. The van der Waals surface area contributed by atoms with Crippen LogP contribution in [-0.2, 0) is 12.4 Å². The maximum absolute atomic E-state index is 13.7. The Balaban J connectivity index is 1.60. The molecule has 2 fully saturated rings. The van der Waals surface area contributed by atoms with Gasteiger partial charge in [0.2, 0.25) is 0 Å². The van der Waals surface area contributed by atoms with Crippen molar-refractivity contribution in [1.82, 2.24) is 9.80 Å². The Morgan fingerprint density at radius 1 is 0.902 bits per heavy atom. The minimum atomic E-state index is -5.06. The first kappa shape index (κ1) is 31.4. The Kier molecular flexibility index (Phi) is 8.89. The van der Waals surface area contributed by atoms with Crippen LogP contribution in [0.5, 0.6) is 0 Å². The number of amides is 2. The molecule has 2 aromatic rings. The molecule has 0 spiro atoms. The van der Waals surface area contributed by atoms with Crippen molar-refractivity contribution in [2.45, 2.75) is 49.6 Å². The summed E-state index contributed by atoms with van der Waals surface area (Å²) in [4.78, 5) is 17.8. The van der Waals surface area contributed by atoms with E-state index in [9.17, 15) is 44.6 Å². The molecule has 6 nitrogen and oxygen atoms in total. The van der Waals surface area contributed by atoms with Crippen molar-refractivity contribution in [3.63, 3.8) is 0 Å². The number of piperidine rings is 1. The summed E-state index contributed by atoms with van der Waals surface area (Å²) in [5.74, 6) is -0.219. The standard InChI is InChI=1S/C27H32F7N3O3S/c1-35(22-14-18(26(29,30)31)13-19(15-22)27(32,33)34)25(38)36(2)24-7-10-37(21-8-11-41(39,40)12-9-21)16-23(24)17-3-5-20(28)6-4-17/h3-6,13-15,21,23-24,39-40H,7-12,16H2,1-2H3/t23-,24+/m0/s1. The van der Waals surface area contributed by atoms with E-state index in [0.29, 0.717) is 56.0 Å². The number of anilines is 1. The smallest absolute Gasteiger partial charge is 0.324 e. The van der Waals surface area contributed by atoms with Crippen molar-refractivity contribution in [2.75, 3.05) is 43.6 Å². The maximum atomic E-state index is 13.7. The molecular weight excluding hydrogens is 579 g/mol. The number of nitrogens with zero attached hydrogens (tertiary/aromatic N) is 3. The van der Waals surface area contributed by atoms with E-state index >= 15 is 0 Å². The Morgan fingerprint density at radius 2 is 1.44 bits per heavy atom. The van der Waals surface area contributed by atoms with Gasteiger partial charge in [-0.2, -0.15) is 36.9 Å². The van der Waals surface area contributed by atoms with E-state index in [2.05, 4.69) is 4.90 Å². The molecule has 0 radical (unpaired) electrons. The highest BCUT2D eigenvalue weighted by Crippen LogP contribution is 2.46. The molecule has 2 aromatic carbocycles. The first-order chi connectivity index (χ1) is 19.0. The molecule has 0 aromatic heterocycles. The molecule has 2 aliphatic rings. The second-order valence-corrected chi connectivity index (χ2v) is 13.1. The normalized spacial score (nSPS) is 23.2. The van der Waals surface area contributed by atoms with Crippen LogP contribution >= 0.6 is 10.6 Å². The molecule has 0 aliphatic carbocycles. The molecule has 2 aliphatic heterocycles. The van der Waals surface area contributed by atoms with Crippen LogP contribution in [0.2, 0.25) is 0 Å². The van der Waals surface area contributed by atoms with E-state index in [1.165, 1.54) is 24.1 Å². The van der Waals surface area contributed by atoms with E-state index in [0.717, 1.165) is 17.5 Å². The van der Waals surface area contributed by atoms with E-state index < -0.39 is 57.6 Å². The first-order valence-electron chi connectivity index (χ1n) is 13.0. The lowest BCUT2D eigenvalue weighted by Crippen LogP contribution is -2.55. The van der Waals surface area contributed by atoms with Gasteiger partial charge in [-0.1, -0.05) is 12.1 Å². The fraction of sp³-hybridized carbons (Fsp3) is 0.519. The van der Waals surface area contributed by atoms with Gasteiger partial charge < -0.3 is 4.90 Å². The van der Waals surface area contributed by atoms with E-state index in [1.54, 1.807) is 12.1 Å². The van der Waals surface area contributed by atoms with Crippen LogP contribution < -0.4 is 4.90 Å². The van der Waals surface area contributed by atoms with Gasteiger partial charge in [0.05, 0.1) is 11.1 Å². The summed E-state index contributed by atoms with van der Waals surface area (Å²) < 4.78 is 114. The summed E-state index contributed by atoms with van der Waals surface area (Å²) in [6, 6.07) is 5.58. The van der Waals surface area contributed by atoms with Crippen LogP contribution in [0, 0.1) is 5.82 Å². The second-order valence-electron chi connectivity index (χ2n) is 10.7. The Bertz CT molecular complexity index is 1200. The minimum absolute atomic E-state index is 0.0101. The average Bonchev–Trinajstić information content (AvgIpc) is 2.90. The lowest BCUT2D eigenvalue weighted by molar-refractivity contribution is -0.143. The summed E-state index contributed by atoms with van der Waals surface area (Å²) in [5.41, 5.74) is -2.87. The van der Waals surface area contributed by atoms with Crippen LogP contribution in [-0.4, -0.2) is 75.7 Å². The third-order valence-corrected chi connectivity index (χ3v) is 9.80. The van der Waals surface area contributed by atoms with Gasteiger partial charge >= 0.3 is 18.4 Å². The lowest BCUT2D eigenvalue weighted by Gasteiger charge is -2.48. The van der Waals surface area contributed by atoms with Crippen LogP contribution in [0.15, 0.2) is 42.5 Å². The highest BCUT2D eigenvalue weighted by molar-refractivity contribution is 8.24. The van der Waals surface area contributed by atoms with Gasteiger partial charge in [0.1, 0.15) is 5.82 Å². The van der Waals surface area contributed by atoms with Gasteiger partial charge in [-0.05, 0) is 55.2 Å². The van der Waals surface area contributed by atoms with Gasteiger partial charge in [0.15, 0.2) is 0 Å². The Hall–Kier alpha value is -2.55. The third-order valence-electron chi connectivity index (χ3n) is 8.02. The summed E-state index contributed by atoms with van der Waals surface area (Å²) in [6.45, 7) is 0.985. The Labute approximate surface area is 235 Å². The Morgan fingerprint density at radius 3 is 1.95 bits per heavy atom. The average molecular weight is 612 g/mol. The number of alkyl halides is 6. The molecule has 228 valence electrons. The molecule has 0 bridgehead atoms. The minimum Gasteiger partial charge on any atom is -0.324 e. The molecule has 2 heterocycles. The summed E-state index contributed by atoms with van der Waals surface area (Å²) in [6.07, 6.45) is -8.52. The molecule has 14 heteroatoms. The van der Waals surface area contributed by atoms with Crippen LogP contribution in [0.4, 0.5) is 41.2 Å². The van der Waals surface area contributed by atoms with Crippen molar-refractivity contribution < 1.29 is 44.6 Å². The highest BCUT2D eigenvalue weighted by Gasteiger charge is 2.41. The van der Waals surface area contributed by atoms with Gasteiger partial charge in [-0.15, -0.1) is 0 Å². The summed E-state index contributed by atoms with van der Waals surface area (Å²) >= 11 is 0. The molecule has 2 N–H and O–H groups in total. The van der Waals surface area contributed by atoms with Crippen molar-refractivity contribution in [3.05, 3.63) is 65.0 Å². The number of likely N-dealkylation sites (N-methyl/N-ethyl adjacent to an activating group) is 1. The third kappa shape index (κ3) is 7.27. The molecule has 0 unspecified atom stereocenters. The number of benzene rings is 2. The van der Waals surface area contributed by atoms with E-state index in [1.807, 2.05) is 0 Å². The molecule has 2 amide bonds. The van der Waals surface area contributed by atoms with Crippen molar-refractivity contribution >= 4 is 22.3 Å². The number of urea groups is 1. The zero-order valence-corrected chi connectivity index (χ0v) is 23.2. The first-order valence-corrected chi connectivity index (χ1v) is 14.9. The number of likely N-dealkylation sites (tertiary alicyclic amines) is 1. The lowest BCUT2D eigenvalue weighted by atomic mass is 9.84. The zero-order chi connectivity index (χ0) is 30.3. The van der Waals surface area contributed by atoms with Crippen LogP contribution in [0.25, 0.3) is 0 Å². The number of carbonyl (C=O) groups excluding carboxylic acids is 1. The zero-order valence-electron chi connectivity index (χ0n) is 22.4. The number of halogens is 7. The molecule has 0 saturated carbocycles. The van der Waals surface area contributed by atoms with Crippen molar-refractivity contribution in [2.24, 2.45) is 0 Å². The molecule has 41 heavy (non-hydrogen) atoms. The van der Waals surface area contributed by atoms with Crippen molar-refractivity contribution in [3.8, 4) is 0 Å². The van der Waals surface area contributed by atoms with E-state index in [-0.39, 0.29) is 18.0 Å². The molecular formula is C27H32F7N3O3S. The molecule has 2 saturated heterocycles. The maximum Gasteiger partial charge on any atom is 0.416 e. The highest BCUT2D eigenvalue weighted by atomic mass is 32.3. The largest absolute Gasteiger partial charge is 0.416 e. The monoisotopic (exact) mass is 611 g/mol. The summed E-state index contributed by atoms with van der Waals surface area (Å²) in [7, 11) is -0.0183. The summed E-state index contributed by atoms with van der Waals surface area (Å²) in [5, 5.41) is 0. The van der Waals surface area contributed by atoms with Gasteiger partial charge in [-0.25, -0.2) is 9.18 Å². The van der Waals surface area contributed by atoms with Gasteiger partial charge in [0.25, 0.3) is 0 Å². The number of hydrogen-bond donors (Lipinski definition) is 2. The topological polar surface area (TPSA) is 67.3 Å². The predicted octanol–water partition coefficient (Wildman–Crippen LogP) is 7.12. The number of carbonyl (C=O) groups is 1. The van der Waals surface area contributed by atoms with Gasteiger partial charge in [-0.3, -0.25) is 18.9 Å². The SMILES string of the molecule is CN(C(=O)N(C)[C@@H]1CCN(C2CCS(O)(O)CC2)C[C@H]1c1ccc(F)cc1)c1cc(C(F)(F)F)cc(C(F)(F)F)c1. The number of hydrogen-bond acceptors (Lipinski definition) is 4. The fourth-order valence-corrected chi connectivity index (χ4v) is 7.18. The number of rotatable bonds is 4. The van der Waals surface area contributed by atoms with Crippen LogP contribution in [0.1, 0.15) is 41.9 Å². The second kappa shape index (κ2) is 11.6. The fourth-order valence-electron chi connectivity index (χ4n) is 5.68. The van der Waals surface area contributed by atoms with Crippen LogP contribution in [0.3, 0.4) is 0 Å². The van der Waals surface area contributed by atoms with Gasteiger partial charge in [0, 0.05) is 62.4 Å². The van der Waals surface area contributed by atoms with Crippen molar-refractivity contribution in [1.29, 1.82) is 0 Å². The molecule has 4 rings (SSSR count). The van der Waals surface area contributed by atoms with E-state index in [4.69, 9.17) is 0 Å². The molecule has 2 atom stereocenters. The quantitative estimate of drug-likeness (QED) is 0.362.